The van der Waals surface area contributed by atoms with Crippen LogP contribution in [-0.2, 0) is 24.4 Å². The summed E-state index contributed by atoms with van der Waals surface area (Å²) in [5, 5.41) is 0. The number of aromatic nitrogens is 3. The van der Waals surface area contributed by atoms with Gasteiger partial charge in [0, 0.05) is 25.5 Å². The molecule has 2 atom stereocenters. The summed E-state index contributed by atoms with van der Waals surface area (Å²) in [5.74, 6) is 1.22. The smallest absolute Gasteiger partial charge is 0.225 e. The van der Waals surface area contributed by atoms with E-state index in [1.807, 2.05) is 0 Å². The molecule has 6 aromatic rings. The standard InChI is InChI=1S/C40H41N3/c1-5-39(3)40(6-2,34-23-13-12-22-33(34)35-24-16-17-29-42(35)39)28-27-30-18-10-11-21-32(30)38-41(4)36-25-14-15-26-37(36)43(38)31-19-8-7-9-20-31/h7-26,29H,5-6,27-28H2,1-4H3/q+2. The molecule has 3 nitrogen and oxygen atoms in total. The van der Waals surface area contributed by atoms with Gasteiger partial charge in [0.15, 0.2) is 22.8 Å². The van der Waals surface area contributed by atoms with Crippen LogP contribution in [0.4, 0.5) is 0 Å². The first-order chi connectivity index (χ1) is 21.0. The van der Waals surface area contributed by atoms with Crippen molar-refractivity contribution in [1.29, 1.82) is 0 Å². The van der Waals surface area contributed by atoms with E-state index in [1.54, 1.807) is 0 Å². The first-order valence-corrected chi connectivity index (χ1v) is 15.8. The molecule has 4 aromatic carbocycles. The lowest BCUT2D eigenvalue weighted by molar-refractivity contribution is -0.766. The topological polar surface area (TPSA) is 12.7 Å². The molecule has 2 unspecified atom stereocenters. The SMILES string of the molecule is CCC1(CCc2ccccc2-c2n(-c3ccccc3)c3ccccc3[n+]2C)c2ccccc2-c2cccc[n+]2C1(C)CC. The van der Waals surface area contributed by atoms with Crippen molar-refractivity contribution in [2.75, 3.05) is 0 Å². The fraction of sp³-hybridized carbons (Fsp3) is 0.250. The van der Waals surface area contributed by atoms with Crippen LogP contribution >= 0.6 is 0 Å². The van der Waals surface area contributed by atoms with Gasteiger partial charge in [0.05, 0.1) is 23.6 Å². The summed E-state index contributed by atoms with van der Waals surface area (Å²) in [6, 6.07) is 44.5. The van der Waals surface area contributed by atoms with Gasteiger partial charge >= 0.3 is 0 Å². The second-order valence-electron chi connectivity index (χ2n) is 12.3. The van der Waals surface area contributed by atoms with Crippen molar-refractivity contribution >= 4 is 11.0 Å². The maximum absolute atomic E-state index is 2.58. The van der Waals surface area contributed by atoms with E-state index in [0.717, 1.165) is 25.7 Å². The molecule has 2 aromatic heterocycles. The third kappa shape index (κ3) is 4.01. The van der Waals surface area contributed by atoms with Gasteiger partial charge in [0.2, 0.25) is 5.69 Å². The van der Waals surface area contributed by atoms with Gasteiger partial charge in [-0.05, 0) is 72.9 Å². The Bertz CT molecular complexity index is 1940. The second kappa shape index (κ2) is 10.6. The summed E-state index contributed by atoms with van der Waals surface area (Å²) >= 11 is 0. The van der Waals surface area contributed by atoms with Gasteiger partial charge in [-0.25, -0.2) is 4.57 Å². The van der Waals surface area contributed by atoms with E-state index in [-0.39, 0.29) is 11.0 Å². The number of benzene rings is 4. The quantitative estimate of drug-likeness (QED) is 0.173. The molecular weight excluding hydrogens is 522 g/mol. The number of hydrogen-bond acceptors (Lipinski definition) is 0. The van der Waals surface area contributed by atoms with E-state index in [9.17, 15) is 0 Å². The molecule has 43 heavy (non-hydrogen) atoms. The number of pyridine rings is 1. The zero-order chi connectivity index (χ0) is 29.6. The third-order valence-corrected chi connectivity index (χ3v) is 10.5. The van der Waals surface area contributed by atoms with E-state index in [4.69, 9.17) is 0 Å². The maximum Gasteiger partial charge on any atom is 0.295 e. The minimum Gasteiger partial charge on any atom is -0.225 e. The minimum atomic E-state index is -0.0504. The Hall–Kier alpha value is -4.50. The van der Waals surface area contributed by atoms with Crippen LogP contribution in [0.15, 0.2) is 128 Å². The molecule has 1 aliphatic heterocycles. The fourth-order valence-corrected chi connectivity index (χ4v) is 8.16. The Morgan fingerprint density at radius 2 is 1.35 bits per heavy atom. The van der Waals surface area contributed by atoms with Crippen LogP contribution in [0.5, 0.6) is 0 Å². The van der Waals surface area contributed by atoms with Crippen molar-refractivity contribution < 1.29 is 9.13 Å². The van der Waals surface area contributed by atoms with Gasteiger partial charge in [-0.2, -0.15) is 9.13 Å². The van der Waals surface area contributed by atoms with Crippen LogP contribution in [0.25, 0.3) is 39.4 Å². The highest BCUT2D eigenvalue weighted by atomic mass is 15.2. The molecule has 214 valence electrons. The van der Waals surface area contributed by atoms with Crippen LogP contribution in [0.3, 0.4) is 0 Å². The van der Waals surface area contributed by atoms with Crippen LogP contribution in [-0.4, -0.2) is 4.57 Å². The van der Waals surface area contributed by atoms with Crippen LogP contribution in [0, 0.1) is 0 Å². The van der Waals surface area contributed by atoms with Crippen LogP contribution in [0.2, 0.25) is 0 Å². The van der Waals surface area contributed by atoms with Crippen LogP contribution < -0.4 is 9.13 Å². The average molecular weight is 564 g/mol. The Morgan fingerprint density at radius 3 is 2.14 bits per heavy atom. The first-order valence-electron chi connectivity index (χ1n) is 15.8. The lowest BCUT2D eigenvalue weighted by atomic mass is 9.57. The molecule has 0 bridgehead atoms. The van der Waals surface area contributed by atoms with E-state index in [1.165, 1.54) is 50.5 Å². The predicted molar refractivity (Wildman–Crippen MR) is 176 cm³/mol. The molecule has 0 amide bonds. The molecule has 7 rings (SSSR count). The van der Waals surface area contributed by atoms with E-state index >= 15 is 0 Å². The van der Waals surface area contributed by atoms with Gasteiger partial charge in [0.1, 0.15) is 5.69 Å². The lowest BCUT2D eigenvalue weighted by Crippen LogP contribution is -2.68. The molecule has 1 aliphatic rings. The number of hydrogen-bond donors (Lipinski definition) is 0. The molecule has 0 spiro atoms. The number of imidazole rings is 1. The van der Waals surface area contributed by atoms with Crippen molar-refractivity contribution in [2.45, 2.75) is 57.4 Å². The molecule has 0 N–H and O–H groups in total. The summed E-state index contributed by atoms with van der Waals surface area (Å²) in [7, 11) is 2.21. The number of aryl methyl sites for hydroxylation is 2. The van der Waals surface area contributed by atoms with Gasteiger partial charge in [-0.15, -0.1) is 0 Å². The Kier molecular flexibility index (Phi) is 6.77. The van der Waals surface area contributed by atoms with Crippen molar-refractivity contribution in [2.24, 2.45) is 7.05 Å². The molecule has 0 saturated heterocycles. The van der Waals surface area contributed by atoms with Gasteiger partial charge in [-0.1, -0.05) is 80.6 Å². The summed E-state index contributed by atoms with van der Waals surface area (Å²) in [6.07, 6.45) is 6.52. The molecule has 0 fully saturated rings. The second-order valence-corrected chi connectivity index (χ2v) is 12.3. The van der Waals surface area contributed by atoms with E-state index < -0.39 is 0 Å². The molecule has 0 saturated carbocycles. The molecule has 0 radical (unpaired) electrons. The number of fused-ring (bicyclic) bond motifs is 4. The van der Waals surface area contributed by atoms with E-state index in [2.05, 4.69) is 169 Å². The zero-order valence-corrected chi connectivity index (χ0v) is 25.8. The molecule has 3 heterocycles. The average Bonchev–Trinajstić information content (AvgIpc) is 3.37. The van der Waals surface area contributed by atoms with E-state index in [0.29, 0.717) is 0 Å². The molecular formula is C40H41N3+2. The lowest BCUT2D eigenvalue weighted by Gasteiger charge is -2.48. The number of para-hydroxylation sites is 3. The minimum absolute atomic E-state index is 0.0151. The van der Waals surface area contributed by atoms with Crippen molar-refractivity contribution in [3.8, 4) is 28.3 Å². The maximum atomic E-state index is 2.58. The van der Waals surface area contributed by atoms with Crippen molar-refractivity contribution in [3.63, 3.8) is 0 Å². The highest BCUT2D eigenvalue weighted by molar-refractivity contribution is 5.79. The summed E-state index contributed by atoms with van der Waals surface area (Å²) in [6.45, 7) is 7.27. The van der Waals surface area contributed by atoms with Crippen molar-refractivity contribution in [3.05, 3.63) is 139 Å². The normalized spacial score (nSPS) is 19.3. The number of rotatable bonds is 7. The monoisotopic (exact) mass is 563 g/mol. The highest BCUT2D eigenvalue weighted by Crippen LogP contribution is 2.52. The Labute approximate surface area is 255 Å². The van der Waals surface area contributed by atoms with Gasteiger partial charge in [0.25, 0.3) is 5.82 Å². The highest BCUT2D eigenvalue weighted by Gasteiger charge is 2.58. The summed E-state index contributed by atoms with van der Waals surface area (Å²) in [4.78, 5) is 0. The third-order valence-electron chi connectivity index (χ3n) is 10.5. The van der Waals surface area contributed by atoms with Crippen LogP contribution in [0.1, 0.15) is 51.2 Å². The van der Waals surface area contributed by atoms with Gasteiger partial charge in [-0.3, -0.25) is 0 Å². The molecule has 0 aliphatic carbocycles. The first kappa shape index (κ1) is 27.3. The fourth-order valence-electron chi connectivity index (χ4n) is 8.16. The molecule has 3 heteroatoms. The largest absolute Gasteiger partial charge is 0.295 e. The predicted octanol–water partition coefficient (Wildman–Crippen LogP) is 8.50. The number of nitrogens with zero attached hydrogens (tertiary/aromatic N) is 3. The Balaban J connectivity index is 1.39. The zero-order valence-electron chi connectivity index (χ0n) is 25.8. The summed E-state index contributed by atoms with van der Waals surface area (Å²) in [5.41, 5.74) is 10.5. The van der Waals surface area contributed by atoms with Gasteiger partial charge < -0.3 is 0 Å². The Morgan fingerprint density at radius 1 is 0.674 bits per heavy atom. The summed E-state index contributed by atoms with van der Waals surface area (Å²) < 4.78 is 7.38. The van der Waals surface area contributed by atoms with Crippen molar-refractivity contribution in [1.82, 2.24) is 4.57 Å².